The molecule has 0 bridgehead atoms. The molecular formula is C28H28N6O2. The van der Waals surface area contributed by atoms with E-state index in [2.05, 4.69) is 61.6 Å². The fourth-order valence-corrected chi connectivity index (χ4v) is 4.96. The Morgan fingerprint density at radius 2 is 1.75 bits per heavy atom. The van der Waals surface area contributed by atoms with Crippen LogP contribution in [-0.2, 0) is 4.74 Å². The van der Waals surface area contributed by atoms with Gasteiger partial charge in [0.2, 0.25) is 0 Å². The second kappa shape index (κ2) is 9.97. The molecule has 0 aliphatic carbocycles. The van der Waals surface area contributed by atoms with Crippen LogP contribution in [-0.4, -0.2) is 60.4 Å². The van der Waals surface area contributed by atoms with Crippen molar-refractivity contribution in [2.45, 2.75) is 18.9 Å². The lowest BCUT2D eigenvalue weighted by Crippen LogP contribution is -2.36. The van der Waals surface area contributed by atoms with Crippen LogP contribution in [0.1, 0.15) is 18.4 Å². The van der Waals surface area contributed by atoms with Crippen molar-refractivity contribution in [3.05, 3.63) is 60.4 Å². The van der Waals surface area contributed by atoms with Crippen molar-refractivity contribution in [2.24, 2.45) is 0 Å². The highest BCUT2D eigenvalue weighted by Gasteiger charge is 2.18. The number of rotatable bonds is 5. The topological polar surface area (TPSA) is 99.1 Å². The normalized spacial score (nSPS) is 16.7. The van der Waals surface area contributed by atoms with Gasteiger partial charge >= 0.3 is 0 Å². The lowest BCUT2D eigenvalue weighted by Gasteiger charge is -2.28. The van der Waals surface area contributed by atoms with E-state index in [1.165, 1.54) is 5.69 Å². The number of aromatic nitrogens is 3. The standard InChI is InChI=1S/C28H28N6O2/c29-17-21-15-20(3-6-26(21)36-23-7-9-30-10-8-23)27-24-16-25(33-28(24)32-18-31-27)19-1-4-22(5-2-19)34-11-13-35-14-12-34/h1-6,15-16,18,23,30H,7-14H2,(H,31,32,33). The van der Waals surface area contributed by atoms with E-state index in [1.54, 1.807) is 6.33 Å². The van der Waals surface area contributed by atoms with Crippen molar-refractivity contribution >= 4 is 16.7 Å². The van der Waals surface area contributed by atoms with Crippen molar-refractivity contribution in [3.8, 4) is 34.3 Å². The third kappa shape index (κ3) is 4.51. The molecule has 8 heteroatoms. The van der Waals surface area contributed by atoms with E-state index in [0.717, 1.165) is 85.8 Å². The van der Waals surface area contributed by atoms with Gasteiger partial charge in [-0.1, -0.05) is 12.1 Å². The van der Waals surface area contributed by atoms with Crippen molar-refractivity contribution in [1.82, 2.24) is 20.3 Å². The Kier molecular flexibility index (Phi) is 6.24. The highest BCUT2D eigenvalue weighted by Crippen LogP contribution is 2.33. The number of ether oxygens (including phenoxy) is 2. The Balaban J connectivity index is 1.29. The number of benzene rings is 2. The summed E-state index contributed by atoms with van der Waals surface area (Å²) in [7, 11) is 0. The summed E-state index contributed by atoms with van der Waals surface area (Å²) in [5.74, 6) is 0.633. The molecule has 6 rings (SSSR count). The Morgan fingerprint density at radius 3 is 2.53 bits per heavy atom. The summed E-state index contributed by atoms with van der Waals surface area (Å²) < 4.78 is 11.6. The van der Waals surface area contributed by atoms with Crippen LogP contribution in [0.2, 0.25) is 0 Å². The van der Waals surface area contributed by atoms with Gasteiger partial charge in [0, 0.05) is 35.4 Å². The molecule has 2 aromatic carbocycles. The van der Waals surface area contributed by atoms with Crippen LogP contribution in [0.15, 0.2) is 54.9 Å². The fourth-order valence-electron chi connectivity index (χ4n) is 4.96. The number of hydrogen-bond acceptors (Lipinski definition) is 7. The number of nitriles is 1. The third-order valence-corrected chi connectivity index (χ3v) is 6.93. The molecule has 0 spiro atoms. The van der Waals surface area contributed by atoms with Crippen LogP contribution < -0.4 is 15.0 Å². The minimum absolute atomic E-state index is 0.136. The summed E-state index contributed by atoms with van der Waals surface area (Å²) in [6.07, 6.45) is 3.58. The van der Waals surface area contributed by atoms with Gasteiger partial charge in [0.15, 0.2) is 0 Å². The average Bonchev–Trinajstić information content (AvgIpc) is 3.39. The summed E-state index contributed by atoms with van der Waals surface area (Å²) in [4.78, 5) is 14.8. The number of hydrogen-bond donors (Lipinski definition) is 2. The first-order chi connectivity index (χ1) is 17.8. The minimum Gasteiger partial charge on any atom is -0.489 e. The first-order valence-electron chi connectivity index (χ1n) is 12.5. The predicted octanol–water partition coefficient (Wildman–Crippen LogP) is 4.13. The lowest BCUT2D eigenvalue weighted by atomic mass is 10.0. The van der Waals surface area contributed by atoms with E-state index in [9.17, 15) is 5.26 Å². The van der Waals surface area contributed by atoms with E-state index in [1.807, 2.05) is 18.2 Å². The van der Waals surface area contributed by atoms with Crippen molar-refractivity contribution < 1.29 is 9.47 Å². The Hall–Kier alpha value is -3.93. The van der Waals surface area contributed by atoms with E-state index >= 15 is 0 Å². The molecule has 36 heavy (non-hydrogen) atoms. The lowest BCUT2D eigenvalue weighted by molar-refractivity contribution is 0.122. The van der Waals surface area contributed by atoms with Crippen LogP contribution >= 0.6 is 0 Å². The Labute approximate surface area is 209 Å². The SMILES string of the molecule is N#Cc1cc(-c2ncnc3[nH]c(-c4ccc(N5CCOCC5)cc4)cc23)ccc1OC1CCNCC1. The van der Waals surface area contributed by atoms with Gasteiger partial charge in [0.05, 0.1) is 24.5 Å². The molecule has 8 nitrogen and oxygen atoms in total. The molecule has 0 saturated carbocycles. The van der Waals surface area contributed by atoms with Crippen LogP contribution in [0.25, 0.3) is 33.5 Å². The minimum atomic E-state index is 0.136. The van der Waals surface area contributed by atoms with Crippen molar-refractivity contribution in [1.29, 1.82) is 5.26 Å². The van der Waals surface area contributed by atoms with Gasteiger partial charge in [-0.25, -0.2) is 9.97 Å². The average molecular weight is 481 g/mol. The summed E-state index contributed by atoms with van der Waals surface area (Å²) in [6, 6.07) is 18.7. The van der Waals surface area contributed by atoms with Crippen LogP contribution in [0.3, 0.4) is 0 Å². The molecule has 2 aliphatic rings. The van der Waals surface area contributed by atoms with Gasteiger partial charge in [-0.05, 0) is 67.9 Å². The molecule has 2 aromatic heterocycles. The Bertz CT molecular complexity index is 1400. The molecule has 182 valence electrons. The zero-order valence-electron chi connectivity index (χ0n) is 20.0. The van der Waals surface area contributed by atoms with Crippen molar-refractivity contribution in [3.63, 3.8) is 0 Å². The summed E-state index contributed by atoms with van der Waals surface area (Å²) in [5.41, 5.74) is 6.20. The van der Waals surface area contributed by atoms with E-state index in [0.29, 0.717) is 11.3 Å². The van der Waals surface area contributed by atoms with Gasteiger partial charge in [-0.3, -0.25) is 0 Å². The monoisotopic (exact) mass is 480 g/mol. The zero-order chi connectivity index (χ0) is 24.3. The van der Waals surface area contributed by atoms with E-state index in [-0.39, 0.29) is 6.10 Å². The molecule has 0 amide bonds. The quantitative estimate of drug-likeness (QED) is 0.443. The number of fused-ring (bicyclic) bond motifs is 1. The van der Waals surface area contributed by atoms with E-state index < -0.39 is 0 Å². The first-order valence-corrected chi connectivity index (χ1v) is 12.5. The smallest absolute Gasteiger partial charge is 0.141 e. The molecular weight excluding hydrogens is 452 g/mol. The number of H-pyrrole nitrogens is 1. The van der Waals surface area contributed by atoms with E-state index in [4.69, 9.17) is 9.47 Å². The number of nitrogens with one attached hydrogen (secondary N) is 2. The zero-order valence-corrected chi connectivity index (χ0v) is 20.0. The van der Waals surface area contributed by atoms with Gasteiger partial charge in [0.1, 0.15) is 29.9 Å². The molecule has 2 saturated heterocycles. The number of piperidine rings is 1. The number of morpholine rings is 1. The maximum Gasteiger partial charge on any atom is 0.141 e. The van der Waals surface area contributed by atoms with Crippen LogP contribution in [0, 0.1) is 11.3 Å². The highest BCUT2D eigenvalue weighted by molar-refractivity contribution is 5.94. The molecule has 0 unspecified atom stereocenters. The van der Waals surface area contributed by atoms with Gasteiger partial charge in [0.25, 0.3) is 0 Å². The Morgan fingerprint density at radius 1 is 0.972 bits per heavy atom. The molecule has 2 fully saturated rings. The maximum atomic E-state index is 9.81. The third-order valence-electron chi connectivity index (χ3n) is 6.93. The number of nitrogens with zero attached hydrogens (tertiary/aromatic N) is 4. The number of anilines is 1. The summed E-state index contributed by atoms with van der Waals surface area (Å²) in [5, 5.41) is 14.1. The molecule has 0 radical (unpaired) electrons. The molecule has 4 heterocycles. The van der Waals surface area contributed by atoms with Gasteiger partial charge in [-0.15, -0.1) is 0 Å². The van der Waals surface area contributed by atoms with Crippen molar-refractivity contribution in [2.75, 3.05) is 44.3 Å². The molecule has 4 aromatic rings. The first kappa shape index (κ1) is 22.5. The fraction of sp³-hybridized carbons (Fsp3) is 0.321. The summed E-state index contributed by atoms with van der Waals surface area (Å²) in [6.45, 7) is 5.24. The van der Waals surface area contributed by atoms with Gasteiger partial charge in [-0.2, -0.15) is 5.26 Å². The predicted molar refractivity (Wildman–Crippen MR) is 139 cm³/mol. The van der Waals surface area contributed by atoms with Crippen LogP contribution in [0.4, 0.5) is 5.69 Å². The second-order valence-electron chi connectivity index (χ2n) is 9.20. The largest absolute Gasteiger partial charge is 0.489 e. The molecule has 2 N–H and O–H groups in total. The summed E-state index contributed by atoms with van der Waals surface area (Å²) >= 11 is 0. The number of aromatic amines is 1. The highest BCUT2D eigenvalue weighted by atomic mass is 16.5. The molecule has 0 atom stereocenters. The molecule has 2 aliphatic heterocycles. The van der Waals surface area contributed by atoms with Crippen LogP contribution in [0.5, 0.6) is 5.75 Å². The second-order valence-corrected chi connectivity index (χ2v) is 9.20. The maximum absolute atomic E-state index is 9.81. The van der Waals surface area contributed by atoms with Gasteiger partial charge < -0.3 is 24.7 Å².